The van der Waals surface area contributed by atoms with Crippen LogP contribution in [0.1, 0.15) is 25.6 Å². The Bertz CT molecular complexity index is 474. The summed E-state index contributed by atoms with van der Waals surface area (Å²) in [5.74, 6) is -3.43. The van der Waals surface area contributed by atoms with Crippen molar-refractivity contribution in [1.82, 2.24) is 9.78 Å². The third-order valence-electron chi connectivity index (χ3n) is 2.47. The van der Waals surface area contributed by atoms with Crippen LogP contribution in [0, 0.1) is 17.0 Å². The normalized spacial score (nSPS) is 11.9. The highest BCUT2D eigenvalue weighted by Gasteiger charge is 2.32. The van der Waals surface area contributed by atoms with E-state index in [4.69, 9.17) is 5.11 Å². The lowest BCUT2D eigenvalue weighted by molar-refractivity contribution is -0.384. The minimum atomic E-state index is -3.35. The molecule has 19 heavy (non-hydrogen) atoms. The van der Waals surface area contributed by atoms with Gasteiger partial charge in [0.2, 0.25) is 5.82 Å². The molecule has 0 spiro atoms. The van der Waals surface area contributed by atoms with Crippen LogP contribution < -0.4 is 5.32 Å². The SMILES string of the molecule is Cc1nn(C(C)C)c(NCC(F)(F)CO)c1[N+](=O)[O-]. The number of aromatic nitrogens is 2. The molecule has 0 amide bonds. The van der Waals surface area contributed by atoms with E-state index in [2.05, 4.69) is 10.4 Å². The zero-order valence-corrected chi connectivity index (χ0v) is 10.9. The lowest BCUT2D eigenvalue weighted by Gasteiger charge is -2.16. The van der Waals surface area contributed by atoms with Crippen LogP contribution >= 0.6 is 0 Å². The standard InChI is InChI=1S/C10H16F2N4O3/c1-6(2)15-9(13-4-10(11,12)5-17)8(16(18)19)7(3)14-15/h6,13,17H,4-5H2,1-3H3. The van der Waals surface area contributed by atoms with E-state index in [1.165, 1.54) is 11.6 Å². The maximum atomic E-state index is 13.0. The molecule has 0 radical (unpaired) electrons. The monoisotopic (exact) mass is 278 g/mol. The summed E-state index contributed by atoms with van der Waals surface area (Å²) in [6, 6.07) is -0.224. The molecule has 0 aliphatic rings. The summed E-state index contributed by atoms with van der Waals surface area (Å²) in [7, 11) is 0. The maximum Gasteiger partial charge on any atom is 0.333 e. The lowest BCUT2D eigenvalue weighted by atomic mass is 10.3. The lowest BCUT2D eigenvalue weighted by Crippen LogP contribution is -2.32. The number of hydrogen-bond donors (Lipinski definition) is 2. The molecule has 2 N–H and O–H groups in total. The fourth-order valence-electron chi connectivity index (χ4n) is 1.56. The molecule has 1 heterocycles. The molecule has 108 valence electrons. The fraction of sp³-hybridized carbons (Fsp3) is 0.700. The van der Waals surface area contributed by atoms with Crippen molar-refractivity contribution < 1.29 is 18.8 Å². The highest BCUT2D eigenvalue weighted by Crippen LogP contribution is 2.31. The first kappa shape index (κ1) is 15.3. The van der Waals surface area contributed by atoms with Crippen molar-refractivity contribution in [2.45, 2.75) is 32.7 Å². The summed E-state index contributed by atoms with van der Waals surface area (Å²) in [5.41, 5.74) is -0.184. The van der Waals surface area contributed by atoms with Gasteiger partial charge in [0.05, 0.1) is 11.5 Å². The van der Waals surface area contributed by atoms with Crippen molar-refractivity contribution >= 4 is 11.5 Å². The van der Waals surface area contributed by atoms with E-state index in [0.29, 0.717) is 0 Å². The first-order valence-electron chi connectivity index (χ1n) is 5.65. The third-order valence-corrected chi connectivity index (χ3v) is 2.47. The van der Waals surface area contributed by atoms with Crippen LogP contribution in [0.15, 0.2) is 0 Å². The van der Waals surface area contributed by atoms with Gasteiger partial charge in [0.25, 0.3) is 5.92 Å². The van der Waals surface area contributed by atoms with Gasteiger partial charge in [-0.3, -0.25) is 10.1 Å². The molecule has 0 saturated heterocycles. The minimum absolute atomic E-state index is 0.0781. The van der Waals surface area contributed by atoms with Gasteiger partial charge >= 0.3 is 5.69 Å². The molecule has 1 aromatic rings. The predicted octanol–water partition coefficient (Wildman–Crippen LogP) is 1.72. The van der Waals surface area contributed by atoms with Crippen LogP contribution in [0.25, 0.3) is 0 Å². The van der Waals surface area contributed by atoms with E-state index in [0.717, 1.165) is 0 Å². The first-order chi connectivity index (χ1) is 8.69. The molecular formula is C10H16F2N4O3. The number of aliphatic hydroxyl groups excluding tert-OH is 1. The summed E-state index contributed by atoms with van der Waals surface area (Å²) in [6.07, 6.45) is 0. The van der Waals surface area contributed by atoms with Gasteiger partial charge < -0.3 is 10.4 Å². The van der Waals surface area contributed by atoms with Crippen LogP contribution in [-0.4, -0.2) is 38.9 Å². The molecule has 7 nitrogen and oxygen atoms in total. The van der Waals surface area contributed by atoms with Crippen LogP contribution in [-0.2, 0) is 0 Å². The number of aliphatic hydroxyl groups is 1. The largest absolute Gasteiger partial charge is 0.390 e. The molecule has 0 saturated carbocycles. The number of anilines is 1. The van der Waals surface area contributed by atoms with E-state index >= 15 is 0 Å². The summed E-state index contributed by atoms with van der Waals surface area (Å²) in [4.78, 5) is 10.3. The van der Waals surface area contributed by atoms with Crippen LogP contribution in [0.5, 0.6) is 0 Å². The topological polar surface area (TPSA) is 93.2 Å². The van der Waals surface area contributed by atoms with Gasteiger partial charge in [0.1, 0.15) is 12.3 Å². The summed E-state index contributed by atoms with van der Waals surface area (Å²) >= 11 is 0. The average Bonchev–Trinajstić information content (AvgIpc) is 2.64. The molecule has 1 rings (SSSR count). The Morgan fingerprint density at radius 2 is 2.16 bits per heavy atom. The van der Waals surface area contributed by atoms with Gasteiger partial charge in [-0.1, -0.05) is 0 Å². The zero-order valence-electron chi connectivity index (χ0n) is 10.9. The second-order valence-electron chi connectivity index (χ2n) is 4.45. The van der Waals surface area contributed by atoms with Crippen molar-refractivity contribution in [1.29, 1.82) is 0 Å². The van der Waals surface area contributed by atoms with Gasteiger partial charge in [-0.25, -0.2) is 13.5 Å². The van der Waals surface area contributed by atoms with Crippen molar-refractivity contribution in [3.05, 3.63) is 15.8 Å². The number of aryl methyl sites for hydroxylation is 1. The zero-order chi connectivity index (χ0) is 14.8. The molecule has 0 bridgehead atoms. The summed E-state index contributed by atoms with van der Waals surface area (Å²) in [5, 5.41) is 25.7. The molecule has 1 aromatic heterocycles. The van der Waals surface area contributed by atoms with Crippen molar-refractivity contribution in [2.75, 3.05) is 18.5 Å². The van der Waals surface area contributed by atoms with Crippen LogP contribution in [0.3, 0.4) is 0 Å². The number of rotatable bonds is 6. The van der Waals surface area contributed by atoms with Crippen molar-refractivity contribution in [3.63, 3.8) is 0 Å². The molecule has 0 atom stereocenters. The Kier molecular flexibility index (Phi) is 4.40. The maximum absolute atomic E-state index is 13.0. The highest BCUT2D eigenvalue weighted by atomic mass is 19.3. The van der Waals surface area contributed by atoms with E-state index in [1.54, 1.807) is 13.8 Å². The Morgan fingerprint density at radius 1 is 1.58 bits per heavy atom. The molecule has 0 fully saturated rings. The van der Waals surface area contributed by atoms with Gasteiger partial charge in [-0.2, -0.15) is 5.10 Å². The van der Waals surface area contributed by atoms with E-state index < -0.39 is 24.0 Å². The molecule has 0 aliphatic carbocycles. The molecular weight excluding hydrogens is 262 g/mol. The second kappa shape index (κ2) is 5.47. The second-order valence-corrected chi connectivity index (χ2v) is 4.45. The summed E-state index contributed by atoms with van der Waals surface area (Å²) < 4.78 is 27.3. The Morgan fingerprint density at radius 3 is 2.58 bits per heavy atom. The van der Waals surface area contributed by atoms with Crippen LogP contribution in [0.2, 0.25) is 0 Å². The quantitative estimate of drug-likeness (QED) is 0.610. The number of nitrogens with one attached hydrogen (secondary N) is 1. The van der Waals surface area contributed by atoms with Gasteiger partial charge in [0, 0.05) is 6.04 Å². The van der Waals surface area contributed by atoms with E-state index in [-0.39, 0.29) is 23.2 Å². The number of halogens is 2. The number of alkyl halides is 2. The number of nitro groups is 1. The van der Waals surface area contributed by atoms with E-state index in [9.17, 15) is 18.9 Å². The molecule has 0 aromatic carbocycles. The molecule has 0 unspecified atom stereocenters. The Hall–Kier alpha value is -1.77. The highest BCUT2D eigenvalue weighted by molar-refractivity contribution is 5.59. The average molecular weight is 278 g/mol. The number of hydrogen-bond acceptors (Lipinski definition) is 5. The Balaban J connectivity index is 3.12. The number of nitrogens with zero attached hydrogens (tertiary/aromatic N) is 3. The van der Waals surface area contributed by atoms with Crippen molar-refractivity contribution in [2.24, 2.45) is 0 Å². The molecule has 9 heteroatoms. The van der Waals surface area contributed by atoms with Crippen molar-refractivity contribution in [3.8, 4) is 0 Å². The fourth-order valence-corrected chi connectivity index (χ4v) is 1.56. The minimum Gasteiger partial charge on any atom is -0.390 e. The molecule has 0 aliphatic heterocycles. The third kappa shape index (κ3) is 3.37. The van der Waals surface area contributed by atoms with Gasteiger partial charge in [-0.05, 0) is 20.8 Å². The summed E-state index contributed by atoms with van der Waals surface area (Å²) in [6.45, 7) is 2.66. The Labute approximate surface area is 108 Å². The smallest absolute Gasteiger partial charge is 0.333 e. The van der Waals surface area contributed by atoms with Gasteiger partial charge in [-0.15, -0.1) is 0 Å². The van der Waals surface area contributed by atoms with E-state index in [1.807, 2.05) is 0 Å². The van der Waals surface area contributed by atoms with Gasteiger partial charge in [0.15, 0.2) is 0 Å². The van der Waals surface area contributed by atoms with Crippen LogP contribution in [0.4, 0.5) is 20.3 Å². The first-order valence-corrected chi connectivity index (χ1v) is 5.65. The predicted molar refractivity (Wildman–Crippen MR) is 64.5 cm³/mol.